The van der Waals surface area contributed by atoms with Gasteiger partial charge >= 0.3 is 0 Å². The summed E-state index contributed by atoms with van der Waals surface area (Å²) in [4.78, 5) is 25.1. The van der Waals surface area contributed by atoms with Crippen molar-refractivity contribution in [2.45, 2.75) is 38.6 Å². The number of carbonyl (C=O) groups is 2. The number of amides is 2. The van der Waals surface area contributed by atoms with Gasteiger partial charge in [0.1, 0.15) is 11.5 Å². The van der Waals surface area contributed by atoms with Crippen LogP contribution in [0.5, 0.6) is 0 Å². The maximum absolute atomic E-state index is 12.3. The molecule has 25 heavy (non-hydrogen) atoms. The first kappa shape index (κ1) is 17.3. The Labute approximate surface area is 147 Å². The molecule has 3 rings (SSSR count). The number of hydrogen-bond donors (Lipinski definition) is 1. The van der Waals surface area contributed by atoms with Crippen LogP contribution in [0, 0.1) is 5.92 Å². The number of nitrogens with zero attached hydrogens (tertiary/aromatic N) is 1. The van der Waals surface area contributed by atoms with Crippen LogP contribution in [-0.2, 0) is 17.8 Å². The second-order valence-electron chi connectivity index (χ2n) is 6.93. The van der Waals surface area contributed by atoms with Gasteiger partial charge in [-0.05, 0) is 42.2 Å². The minimum absolute atomic E-state index is 0.0664. The van der Waals surface area contributed by atoms with E-state index in [-0.39, 0.29) is 5.91 Å². The summed E-state index contributed by atoms with van der Waals surface area (Å²) >= 11 is 0. The van der Waals surface area contributed by atoms with Gasteiger partial charge in [0.15, 0.2) is 0 Å². The minimum atomic E-state index is -0.450. The summed E-state index contributed by atoms with van der Waals surface area (Å²) in [6, 6.07) is 11.0. The molecular formula is C20H24N2O3. The van der Waals surface area contributed by atoms with Crippen molar-refractivity contribution in [2.75, 3.05) is 7.05 Å². The molecule has 1 aliphatic rings. The molecule has 0 unspecified atom stereocenters. The van der Waals surface area contributed by atoms with E-state index in [9.17, 15) is 9.59 Å². The van der Waals surface area contributed by atoms with Crippen LogP contribution in [0.25, 0.3) is 0 Å². The molecule has 2 aromatic rings. The van der Waals surface area contributed by atoms with Crippen LogP contribution in [0.3, 0.4) is 0 Å². The van der Waals surface area contributed by atoms with Crippen molar-refractivity contribution >= 4 is 11.8 Å². The van der Waals surface area contributed by atoms with Gasteiger partial charge in [-0.25, -0.2) is 0 Å². The minimum Gasteiger partial charge on any atom is -0.466 e. The number of rotatable bonds is 7. The number of primary amides is 1. The van der Waals surface area contributed by atoms with Gasteiger partial charge in [-0.3, -0.25) is 9.59 Å². The highest BCUT2D eigenvalue weighted by molar-refractivity contribution is 5.92. The first-order valence-electron chi connectivity index (χ1n) is 8.65. The van der Waals surface area contributed by atoms with Gasteiger partial charge in [-0.2, -0.15) is 0 Å². The van der Waals surface area contributed by atoms with Crippen molar-refractivity contribution in [1.29, 1.82) is 0 Å². The molecule has 0 radical (unpaired) electrons. The second kappa shape index (κ2) is 7.13. The van der Waals surface area contributed by atoms with Crippen molar-refractivity contribution in [1.82, 2.24) is 4.90 Å². The lowest BCUT2D eigenvalue weighted by Crippen LogP contribution is -2.26. The molecule has 2 N–H and O–H groups in total. The third-order valence-corrected chi connectivity index (χ3v) is 4.83. The molecule has 1 heterocycles. The molecule has 1 aliphatic carbocycles. The van der Waals surface area contributed by atoms with E-state index in [1.807, 2.05) is 24.3 Å². The highest BCUT2D eigenvalue weighted by Crippen LogP contribution is 2.47. The molecule has 1 fully saturated rings. The quantitative estimate of drug-likeness (QED) is 0.841. The van der Waals surface area contributed by atoms with Crippen LogP contribution in [0.4, 0.5) is 0 Å². The fourth-order valence-corrected chi connectivity index (χ4v) is 3.00. The number of benzene rings is 1. The third-order valence-electron chi connectivity index (χ3n) is 4.83. The Morgan fingerprint density at radius 1 is 1.20 bits per heavy atom. The van der Waals surface area contributed by atoms with E-state index in [1.54, 1.807) is 24.1 Å². The highest BCUT2D eigenvalue weighted by Gasteiger charge is 2.36. The standard InChI is InChI=1S/C20H24N2O3/c1-13-11-17(13)18-9-7-16(25-18)8-10-19(23)22(2)12-14-3-5-15(6-4-14)20(21)24/h3-7,9,13,17H,8,10-12H2,1-2H3,(H2,21,24)/t13-,17+/m0/s1. The van der Waals surface area contributed by atoms with Crippen molar-refractivity contribution in [3.63, 3.8) is 0 Å². The van der Waals surface area contributed by atoms with Crippen molar-refractivity contribution in [3.8, 4) is 0 Å². The number of hydrogen-bond acceptors (Lipinski definition) is 3. The van der Waals surface area contributed by atoms with Gasteiger partial charge in [0.2, 0.25) is 11.8 Å². The van der Waals surface area contributed by atoms with Crippen molar-refractivity contribution in [3.05, 3.63) is 59.0 Å². The average molecular weight is 340 g/mol. The predicted molar refractivity (Wildman–Crippen MR) is 95.0 cm³/mol. The second-order valence-corrected chi connectivity index (χ2v) is 6.93. The lowest BCUT2D eigenvalue weighted by molar-refractivity contribution is -0.130. The van der Waals surface area contributed by atoms with Gasteiger partial charge in [0.05, 0.1) is 0 Å². The summed E-state index contributed by atoms with van der Waals surface area (Å²) in [6.45, 7) is 2.72. The lowest BCUT2D eigenvalue weighted by atomic mass is 10.1. The zero-order valence-electron chi connectivity index (χ0n) is 14.7. The first-order valence-corrected chi connectivity index (χ1v) is 8.65. The molecule has 1 aromatic carbocycles. The maximum Gasteiger partial charge on any atom is 0.248 e. The van der Waals surface area contributed by atoms with Gasteiger partial charge in [-0.1, -0.05) is 19.1 Å². The maximum atomic E-state index is 12.3. The molecule has 2 atom stereocenters. The topological polar surface area (TPSA) is 76.5 Å². The molecule has 5 heteroatoms. The van der Waals surface area contributed by atoms with E-state index in [2.05, 4.69) is 6.92 Å². The van der Waals surface area contributed by atoms with E-state index < -0.39 is 5.91 Å². The van der Waals surface area contributed by atoms with Gasteiger partial charge < -0.3 is 15.1 Å². The van der Waals surface area contributed by atoms with E-state index in [0.29, 0.717) is 36.8 Å². The van der Waals surface area contributed by atoms with Gasteiger partial charge in [-0.15, -0.1) is 0 Å². The molecule has 0 aliphatic heterocycles. The Bertz CT molecular complexity index is 764. The molecule has 5 nitrogen and oxygen atoms in total. The summed E-state index contributed by atoms with van der Waals surface area (Å²) in [6.07, 6.45) is 2.23. The monoisotopic (exact) mass is 340 g/mol. The average Bonchev–Trinajstić information content (AvgIpc) is 3.14. The fourth-order valence-electron chi connectivity index (χ4n) is 3.00. The van der Waals surface area contributed by atoms with Crippen LogP contribution in [-0.4, -0.2) is 23.8 Å². The lowest BCUT2D eigenvalue weighted by Gasteiger charge is -2.17. The Morgan fingerprint density at radius 3 is 2.48 bits per heavy atom. The van der Waals surface area contributed by atoms with Crippen LogP contribution in [0.1, 0.15) is 53.1 Å². The molecule has 2 amide bonds. The van der Waals surface area contributed by atoms with E-state index in [4.69, 9.17) is 10.2 Å². The van der Waals surface area contributed by atoms with Crippen LogP contribution in [0.15, 0.2) is 40.8 Å². The number of carbonyl (C=O) groups excluding carboxylic acids is 2. The highest BCUT2D eigenvalue weighted by atomic mass is 16.3. The molecule has 132 valence electrons. The SMILES string of the molecule is C[C@H]1C[C@H]1c1ccc(CCC(=O)N(C)Cc2ccc(C(N)=O)cc2)o1. The Balaban J connectivity index is 1.48. The van der Waals surface area contributed by atoms with E-state index in [1.165, 1.54) is 6.42 Å². The van der Waals surface area contributed by atoms with Crippen LogP contribution >= 0.6 is 0 Å². The molecule has 0 spiro atoms. The Kier molecular flexibility index (Phi) is 4.93. The van der Waals surface area contributed by atoms with Gasteiger partial charge in [0.25, 0.3) is 0 Å². The van der Waals surface area contributed by atoms with Gasteiger partial charge in [0, 0.05) is 37.9 Å². The molecule has 0 bridgehead atoms. The molecule has 0 saturated heterocycles. The normalized spacial score (nSPS) is 18.8. The fraction of sp³-hybridized carbons (Fsp3) is 0.400. The number of nitrogens with two attached hydrogens (primary N) is 1. The Hall–Kier alpha value is -2.56. The third kappa shape index (κ3) is 4.29. The summed E-state index contributed by atoms with van der Waals surface area (Å²) in [5.74, 6) is 2.83. The van der Waals surface area contributed by atoms with E-state index >= 15 is 0 Å². The summed E-state index contributed by atoms with van der Waals surface area (Å²) in [7, 11) is 1.78. The number of furan rings is 1. The van der Waals surface area contributed by atoms with Crippen LogP contribution < -0.4 is 5.73 Å². The Morgan fingerprint density at radius 2 is 1.88 bits per heavy atom. The van der Waals surface area contributed by atoms with Crippen LogP contribution in [0.2, 0.25) is 0 Å². The largest absolute Gasteiger partial charge is 0.466 e. The summed E-state index contributed by atoms with van der Waals surface area (Å²) in [5.41, 5.74) is 6.66. The van der Waals surface area contributed by atoms with Crippen molar-refractivity contribution in [2.24, 2.45) is 11.7 Å². The predicted octanol–water partition coefficient (Wildman–Crippen LogP) is 3.09. The van der Waals surface area contributed by atoms with Crippen molar-refractivity contribution < 1.29 is 14.0 Å². The summed E-state index contributed by atoms with van der Waals surface area (Å²) < 4.78 is 5.85. The molecule has 1 saturated carbocycles. The smallest absolute Gasteiger partial charge is 0.248 e. The summed E-state index contributed by atoms with van der Waals surface area (Å²) in [5, 5.41) is 0. The zero-order valence-corrected chi connectivity index (χ0v) is 14.7. The number of aryl methyl sites for hydroxylation is 1. The first-order chi connectivity index (χ1) is 11.9. The zero-order chi connectivity index (χ0) is 18.0. The van der Waals surface area contributed by atoms with E-state index in [0.717, 1.165) is 17.1 Å². The molecular weight excluding hydrogens is 316 g/mol. The molecule has 1 aromatic heterocycles.